The Morgan fingerprint density at radius 2 is 1.21 bits per heavy atom. The zero-order valence-electron chi connectivity index (χ0n) is 11.8. The fourth-order valence-corrected chi connectivity index (χ4v) is 2.57. The summed E-state index contributed by atoms with van der Waals surface area (Å²) in [6, 6.07) is 20.1. The first-order valence-corrected chi connectivity index (χ1v) is 6.72. The van der Waals surface area contributed by atoms with Crippen molar-refractivity contribution in [2.24, 2.45) is 5.92 Å². The number of carbonyl (C=O) groups is 1. The van der Waals surface area contributed by atoms with E-state index in [4.69, 9.17) is 0 Å². The number of ketones is 1. The molecule has 0 aliphatic heterocycles. The Bertz CT molecular complexity index is 501. The molecule has 0 saturated carbocycles. The second-order valence-electron chi connectivity index (χ2n) is 5.38. The van der Waals surface area contributed by atoms with E-state index in [2.05, 4.69) is 0 Å². The van der Waals surface area contributed by atoms with Gasteiger partial charge in [-0.2, -0.15) is 0 Å². The first kappa shape index (κ1) is 13.5. The molecule has 0 aromatic heterocycles. The molecule has 1 nitrogen and oxygen atoms in total. The van der Waals surface area contributed by atoms with E-state index in [9.17, 15) is 4.79 Å². The Morgan fingerprint density at radius 3 is 1.53 bits per heavy atom. The highest BCUT2D eigenvalue weighted by molar-refractivity contribution is 5.94. The van der Waals surface area contributed by atoms with Gasteiger partial charge in [-0.15, -0.1) is 0 Å². The average molecular weight is 252 g/mol. The van der Waals surface area contributed by atoms with E-state index in [0.717, 1.165) is 11.1 Å². The highest BCUT2D eigenvalue weighted by Crippen LogP contribution is 2.35. The van der Waals surface area contributed by atoms with E-state index >= 15 is 0 Å². The molecule has 0 bridgehead atoms. The molecule has 0 fully saturated rings. The van der Waals surface area contributed by atoms with Crippen LogP contribution in [0, 0.1) is 5.92 Å². The lowest BCUT2D eigenvalue weighted by molar-refractivity contribution is -0.125. The van der Waals surface area contributed by atoms with Crippen LogP contribution in [0.15, 0.2) is 60.7 Å². The van der Waals surface area contributed by atoms with E-state index < -0.39 is 5.41 Å². The summed E-state index contributed by atoms with van der Waals surface area (Å²) in [5.74, 6) is 0.260. The Morgan fingerprint density at radius 1 is 0.842 bits per heavy atom. The Labute approximate surface area is 115 Å². The number of rotatable bonds is 4. The van der Waals surface area contributed by atoms with Crippen molar-refractivity contribution in [1.29, 1.82) is 0 Å². The van der Waals surface area contributed by atoms with Gasteiger partial charge < -0.3 is 0 Å². The van der Waals surface area contributed by atoms with Crippen molar-refractivity contribution < 1.29 is 4.79 Å². The number of hydrogen-bond donors (Lipinski definition) is 0. The molecule has 19 heavy (non-hydrogen) atoms. The maximum absolute atomic E-state index is 12.8. The van der Waals surface area contributed by atoms with Crippen LogP contribution in [-0.2, 0) is 10.2 Å². The van der Waals surface area contributed by atoms with Crippen LogP contribution in [0.25, 0.3) is 0 Å². The van der Waals surface area contributed by atoms with Crippen molar-refractivity contribution in [3.05, 3.63) is 71.8 Å². The summed E-state index contributed by atoms with van der Waals surface area (Å²) in [4.78, 5) is 12.8. The summed E-state index contributed by atoms with van der Waals surface area (Å²) in [7, 11) is 0. The smallest absolute Gasteiger partial charge is 0.150 e. The monoisotopic (exact) mass is 252 g/mol. The Balaban J connectivity index is 2.61. The number of benzene rings is 2. The minimum Gasteiger partial charge on any atom is -0.298 e. The van der Waals surface area contributed by atoms with Gasteiger partial charge in [-0.3, -0.25) is 4.79 Å². The van der Waals surface area contributed by atoms with Crippen LogP contribution in [0.5, 0.6) is 0 Å². The van der Waals surface area contributed by atoms with Crippen molar-refractivity contribution >= 4 is 5.78 Å². The van der Waals surface area contributed by atoms with Gasteiger partial charge in [-0.25, -0.2) is 0 Å². The predicted octanol–water partition coefficient (Wildman–Crippen LogP) is 4.22. The van der Waals surface area contributed by atoms with E-state index in [-0.39, 0.29) is 11.7 Å². The highest BCUT2D eigenvalue weighted by atomic mass is 16.1. The number of carbonyl (C=O) groups excluding carboxylic acids is 1. The molecular weight excluding hydrogens is 232 g/mol. The van der Waals surface area contributed by atoms with Gasteiger partial charge in [0.15, 0.2) is 0 Å². The molecule has 0 N–H and O–H groups in total. The summed E-state index contributed by atoms with van der Waals surface area (Å²) < 4.78 is 0. The molecule has 0 saturated heterocycles. The molecule has 2 rings (SSSR count). The third-order valence-electron chi connectivity index (χ3n) is 3.72. The molecule has 1 heteroatoms. The van der Waals surface area contributed by atoms with E-state index in [1.165, 1.54) is 0 Å². The van der Waals surface area contributed by atoms with Crippen LogP contribution in [-0.4, -0.2) is 5.78 Å². The van der Waals surface area contributed by atoms with Gasteiger partial charge in [-0.1, -0.05) is 74.5 Å². The minimum absolute atomic E-state index is 0.00501. The van der Waals surface area contributed by atoms with Gasteiger partial charge in [0, 0.05) is 5.92 Å². The molecule has 0 atom stereocenters. The number of hydrogen-bond acceptors (Lipinski definition) is 1. The fraction of sp³-hybridized carbons (Fsp3) is 0.278. The van der Waals surface area contributed by atoms with E-state index in [0.29, 0.717) is 0 Å². The second kappa shape index (κ2) is 5.40. The summed E-state index contributed by atoms with van der Waals surface area (Å²) in [6.45, 7) is 5.96. The van der Waals surface area contributed by atoms with Crippen LogP contribution >= 0.6 is 0 Å². The summed E-state index contributed by atoms with van der Waals surface area (Å²) in [6.07, 6.45) is 0. The summed E-state index contributed by atoms with van der Waals surface area (Å²) in [5.41, 5.74) is 1.54. The zero-order chi connectivity index (χ0) is 13.9. The van der Waals surface area contributed by atoms with E-state index in [1.54, 1.807) is 0 Å². The lowest BCUT2D eigenvalue weighted by Gasteiger charge is -2.31. The molecule has 0 aliphatic rings. The largest absolute Gasteiger partial charge is 0.298 e. The molecule has 2 aromatic carbocycles. The van der Waals surface area contributed by atoms with Gasteiger partial charge in [0.2, 0.25) is 0 Å². The average Bonchev–Trinajstić information content (AvgIpc) is 2.47. The SMILES string of the molecule is CC(C)C(=O)C(C)(c1ccccc1)c1ccccc1. The Hall–Kier alpha value is -1.89. The molecule has 0 aliphatic carbocycles. The van der Waals surface area contributed by atoms with Crippen molar-refractivity contribution in [1.82, 2.24) is 0 Å². The van der Waals surface area contributed by atoms with Crippen molar-refractivity contribution in [2.45, 2.75) is 26.2 Å². The first-order chi connectivity index (χ1) is 9.06. The van der Waals surface area contributed by atoms with Crippen LogP contribution in [0.4, 0.5) is 0 Å². The first-order valence-electron chi connectivity index (χ1n) is 6.72. The molecule has 0 spiro atoms. The molecule has 98 valence electrons. The van der Waals surface area contributed by atoms with Gasteiger partial charge >= 0.3 is 0 Å². The van der Waals surface area contributed by atoms with Crippen LogP contribution in [0.3, 0.4) is 0 Å². The normalized spacial score (nSPS) is 11.6. The molecule has 0 unspecified atom stereocenters. The van der Waals surface area contributed by atoms with Crippen molar-refractivity contribution in [3.8, 4) is 0 Å². The van der Waals surface area contributed by atoms with E-state index in [1.807, 2.05) is 81.4 Å². The van der Waals surface area contributed by atoms with Crippen LogP contribution < -0.4 is 0 Å². The second-order valence-corrected chi connectivity index (χ2v) is 5.38. The van der Waals surface area contributed by atoms with Gasteiger partial charge in [0.1, 0.15) is 5.78 Å². The molecule has 0 radical (unpaired) electrons. The lowest BCUT2D eigenvalue weighted by Crippen LogP contribution is -2.37. The Kier molecular flexibility index (Phi) is 3.84. The topological polar surface area (TPSA) is 17.1 Å². The molecular formula is C18H20O. The minimum atomic E-state index is -0.573. The molecule has 0 amide bonds. The van der Waals surface area contributed by atoms with Crippen LogP contribution in [0.1, 0.15) is 31.9 Å². The van der Waals surface area contributed by atoms with Crippen LogP contribution in [0.2, 0.25) is 0 Å². The predicted molar refractivity (Wildman–Crippen MR) is 79.2 cm³/mol. The summed E-state index contributed by atoms with van der Waals surface area (Å²) in [5, 5.41) is 0. The lowest BCUT2D eigenvalue weighted by atomic mass is 9.70. The zero-order valence-corrected chi connectivity index (χ0v) is 11.8. The van der Waals surface area contributed by atoms with Crippen molar-refractivity contribution in [2.75, 3.05) is 0 Å². The van der Waals surface area contributed by atoms with Crippen molar-refractivity contribution in [3.63, 3.8) is 0 Å². The maximum atomic E-state index is 12.8. The quantitative estimate of drug-likeness (QED) is 0.796. The molecule has 0 heterocycles. The fourth-order valence-electron chi connectivity index (χ4n) is 2.57. The third kappa shape index (κ3) is 2.46. The van der Waals surface area contributed by atoms with Gasteiger partial charge in [0.05, 0.1) is 5.41 Å². The highest BCUT2D eigenvalue weighted by Gasteiger charge is 2.37. The third-order valence-corrected chi connectivity index (χ3v) is 3.72. The molecule has 2 aromatic rings. The number of Topliss-reactive ketones (excluding diaryl/α,β-unsaturated/α-hetero) is 1. The maximum Gasteiger partial charge on any atom is 0.150 e. The summed E-state index contributed by atoms with van der Waals surface area (Å²) >= 11 is 0. The standard InChI is InChI=1S/C18H20O/c1-14(2)17(19)18(3,15-10-6-4-7-11-15)16-12-8-5-9-13-16/h4-14H,1-3H3. The van der Waals surface area contributed by atoms with Gasteiger partial charge in [-0.05, 0) is 18.1 Å². The van der Waals surface area contributed by atoms with Gasteiger partial charge in [0.25, 0.3) is 0 Å².